The van der Waals surface area contributed by atoms with E-state index in [0.29, 0.717) is 25.1 Å². The molecule has 3 atom stereocenters. The Morgan fingerprint density at radius 2 is 2.48 bits per heavy atom. The predicted octanol–water partition coefficient (Wildman–Crippen LogP) is 1.85. The zero-order valence-electron chi connectivity index (χ0n) is 17.5. The molecule has 0 saturated carbocycles. The second kappa shape index (κ2) is 4.49. The lowest BCUT2D eigenvalue weighted by molar-refractivity contribution is 0.0821. The number of benzene rings is 1. The fourth-order valence-electron chi connectivity index (χ4n) is 3.86. The summed E-state index contributed by atoms with van der Waals surface area (Å²) in [7, 11) is -2.63. The number of methoxy groups -OCH3 is 1. The van der Waals surface area contributed by atoms with Gasteiger partial charge in [0.25, 0.3) is 0 Å². The van der Waals surface area contributed by atoms with E-state index >= 15 is 0 Å². The van der Waals surface area contributed by atoms with Crippen molar-refractivity contribution in [3.05, 3.63) is 35.4 Å². The Balaban J connectivity index is 1.87. The number of aliphatic hydroxyl groups is 1. The van der Waals surface area contributed by atoms with Crippen LogP contribution >= 0.6 is 0 Å². The highest BCUT2D eigenvalue weighted by Crippen LogP contribution is 2.55. The van der Waals surface area contributed by atoms with Crippen molar-refractivity contribution in [2.24, 2.45) is 0 Å². The third-order valence-electron chi connectivity index (χ3n) is 4.85. The molecular weight excluding hydrogens is 266 g/mol. The van der Waals surface area contributed by atoms with Gasteiger partial charge in [0.2, 0.25) is 0 Å². The Kier molecular flexibility index (Phi) is 1.75. The molecule has 2 heterocycles. The lowest BCUT2D eigenvalue weighted by Gasteiger charge is -2.35. The van der Waals surface area contributed by atoms with Crippen molar-refractivity contribution in [3.63, 3.8) is 0 Å². The Hall–Kier alpha value is -1.52. The summed E-state index contributed by atoms with van der Waals surface area (Å²) in [6, 6.07) is 3.24. The topological polar surface area (TPSA) is 41.9 Å². The van der Waals surface area contributed by atoms with Crippen LogP contribution in [-0.2, 0) is 12.0 Å². The molecule has 0 radical (unpaired) electrons. The molecule has 3 aliphatic rings. The molecule has 1 aliphatic carbocycles. The minimum atomic E-state index is -2.63. The van der Waals surface area contributed by atoms with Gasteiger partial charge >= 0.3 is 0 Å². The van der Waals surface area contributed by atoms with Crippen LogP contribution in [0.1, 0.15) is 32.2 Å². The molecule has 1 aromatic carbocycles. The molecule has 21 heavy (non-hydrogen) atoms. The molecule has 4 nitrogen and oxygen atoms in total. The highest BCUT2D eigenvalue weighted by atomic mass is 16.5. The van der Waals surface area contributed by atoms with Gasteiger partial charge in [-0.15, -0.1) is 0 Å². The molecule has 1 aromatic rings. The maximum absolute atomic E-state index is 10.1. The molecule has 0 unspecified atom stereocenters. The molecule has 2 aliphatic heterocycles. The largest absolute Gasteiger partial charge is 0.493 e. The molecule has 112 valence electrons. The fraction of sp³-hybridized carbons (Fsp3) is 0.529. The molecule has 0 bridgehead atoms. The van der Waals surface area contributed by atoms with Crippen LogP contribution in [0.25, 0.3) is 0 Å². The summed E-state index contributed by atoms with van der Waals surface area (Å²) in [5.74, 6) is 0.465. The van der Waals surface area contributed by atoms with Gasteiger partial charge in [0.1, 0.15) is 6.10 Å². The average molecular weight is 293 g/mol. The molecule has 0 fully saturated rings. The number of aliphatic hydroxyl groups excluding tert-OH is 1. The lowest BCUT2D eigenvalue weighted by Crippen LogP contribution is -2.42. The van der Waals surface area contributed by atoms with Gasteiger partial charge in [-0.05, 0) is 31.6 Å². The van der Waals surface area contributed by atoms with Gasteiger partial charge in [0.15, 0.2) is 11.5 Å². The highest BCUT2D eigenvalue weighted by molar-refractivity contribution is 5.60. The summed E-state index contributed by atoms with van der Waals surface area (Å²) in [5, 5.41) is 10.1. The highest BCUT2D eigenvalue weighted by Gasteiger charge is 2.52. The maximum atomic E-state index is 10.1. The van der Waals surface area contributed by atoms with Crippen LogP contribution in [0.4, 0.5) is 0 Å². The molecular formula is C17H21NO3. The lowest BCUT2D eigenvalue weighted by atomic mass is 9.69. The van der Waals surface area contributed by atoms with E-state index in [4.69, 9.17) is 17.7 Å². The summed E-state index contributed by atoms with van der Waals surface area (Å²) >= 11 is 0. The Bertz CT molecular complexity index is 790. The molecule has 1 spiro atoms. The summed E-state index contributed by atoms with van der Waals surface area (Å²) in [4.78, 5) is 1.44. The van der Waals surface area contributed by atoms with E-state index in [0.717, 1.165) is 11.1 Å². The Morgan fingerprint density at radius 1 is 1.52 bits per heavy atom. The summed E-state index contributed by atoms with van der Waals surface area (Å²) in [6.45, 7) is -1.69. The smallest absolute Gasteiger partial charge is 0.166 e. The second-order valence-electron chi connectivity index (χ2n) is 6.01. The van der Waals surface area contributed by atoms with Gasteiger partial charge in [-0.25, -0.2) is 0 Å². The van der Waals surface area contributed by atoms with Crippen LogP contribution in [0.5, 0.6) is 11.5 Å². The van der Waals surface area contributed by atoms with E-state index in [-0.39, 0.29) is 12.3 Å². The first kappa shape index (κ1) is 8.20. The first-order valence-corrected chi connectivity index (χ1v) is 7.14. The quantitative estimate of drug-likeness (QED) is 0.803. The van der Waals surface area contributed by atoms with Crippen LogP contribution in [0.15, 0.2) is 24.3 Å². The monoisotopic (exact) mass is 293 g/mol. The second-order valence-corrected chi connectivity index (χ2v) is 6.01. The minimum Gasteiger partial charge on any atom is -0.493 e. The van der Waals surface area contributed by atoms with Crippen LogP contribution < -0.4 is 9.47 Å². The van der Waals surface area contributed by atoms with Crippen LogP contribution in [0.2, 0.25) is 0 Å². The number of ether oxygens (including phenoxy) is 2. The molecule has 0 amide bonds. The molecule has 0 saturated heterocycles. The van der Waals surface area contributed by atoms with E-state index in [2.05, 4.69) is 0 Å². The SMILES string of the molecule is [2H]C([2H])([2H])Oc1ccc2c3c1O[C@@H]1C[C@H](O)C=C[C@]31CCN(C([2H])([2H])[2H])C2. The van der Waals surface area contributed by atoms with E-state index in [9.17, 15) is 5.11 Å². The third-order valence-corrected chi connectivity index (χ3v) is 4.85. The zero-order chi connectivity index (χ0) is 19.6. The first-order valence-electron chi connectivity index (χ1n) is 10.1. The normalized spacial score (nSPS) is 39.3. The number of rotatable bonds is 1. The molecule has 4 rings (SSSR count). The van der Waals surface area contributed by atoms with Gasteiger partial charge < -0.3 is 19.5 Å². The average Bonchev–Trinajstić information content (AvgIpc) is 2.75. The fourth-order valence-corrected chi connectivity index (χ4v) is 3.86. The van der Waals surface area contributed by atoms with Crippen molar-refractivity contribution in [3.8, 4) is 11.5 Å². The number of hydrogen-bond donors (Lipinski definition) is 1. The Morgan fingerprint density at radius 3 is 3.33 bits per heavy atom. The van der Waals surface area contributed by atoms with E-state index in [1.807, 2.05) is 6.08 Å². The minimum absolute atomic E-state index is 0.118. The van der Waals surface area contributed by atoms with E-state index in [1.54, 1.807) is 12.1 Å². The van der Waals surface area contributed by atoms with Gasteiger partial charge in [-0.3, -0.25) is 0 Å². The van der Waals surface area contributed by atoms with Crippen molar-refractivity contribution in [1.29, 1.82) is 0 Å². The number of nitrogens with zero attached hydrogens (tertiary/aromatic N) is 1. The summed E-state index contributed by atoms with van der Waals surface area (Å²) in [5.41, 5.74) is 0.960. The van der Waals surface area contributed by atoms with E-state index in [1.165, 1.54) is 11.0 Å². The predicted molar refractivity (Wildman–Crippen MR) is 79.8 cm³/mol. The van der Waals surface area contributed by atoms with Gasteiger partial charge in [0, 0.05) is 22.6 Å². The van der Waals surface area contributed by atoms with Crippen LogP contribution in [0, 0.1) is 0 Å². The summed E-state index contributed by atoms with van der Waals surface area (Å²) in [6.07, 6.45) is 3.39. The van der Waals surface area contributed by atoms with E-state index < -0.39 is 31.6 Å². The Labute approximate surface area is 133 Å². The molecule has 1 N–H and O–H groups in total. The third kappa shape index (κ3) is 1.75. The van der Waals surface area contributed by atoms with Crippen molar-refractivity contribution < 1.29 is 22.8 Å². The van der Waals surface area contributed by atoms with Crippen LogP contribution in [-0.4, -0.2) is 42.8 Å². The van der Waals surface area contributed by atoms with Gasteiger partial charge in [0.05, 0.1) is 22.7 Å². The van der Waals surface area contributed by atoms with Crippen molar-refractivity contribution in [1.82, 2.24) is 4.90 Å². The van der Waals surface area contributed by atoms with Gasteiger partial charge in [-0.2, -0.15) is 0 Å². The first-order chi connectivity index (χ1) is 12.5. The van der Waals surface area contributed by atoms with Crippen molar-refractivity contribution >= 4 is 0 Å². The zero-order valence-corrected chi connectivity index (χ0v) is 11.5. The van der Waals surface area contributed by atoms with Crippen LogP contribution in [0.3, 0.4) is 0 Å². The van der Waals surface area contributed by atoms with Gasteiger partial charge in [-0.1, -0.05) is 18.2 Å². The van der Waals surface area contributed by atoms with Crippen molar-refractivity contribution in [2.45, 2.75) is 37.0 Å². The van der Waals surface area contributed by atoms with Crippen molar-refractivity contribution in [2.75, 3.05) is 20.6 Å². The standard InChI is InChI=1S/C17H21NO3/c1-18-8-7-17-6-5-12(19)9-14(17)21-16-13(20-2)4-3-11(10-18)15(16)17/h3-6,12,14,19H,7-10H2,1-2H3/t12-,14-,17-/m1/s1/i1D3,2D3. The number of hydrogen-bond acceptors (Lipinski definition) is 4. The molecule has 4 heteroatoms. The maximum Gasteiger partial charge on any atom is 0.166 e. The summed E-state index contributed by atoms with van der Waals surface area (Å²) < 4.78 is 56.8. The molecule has 0 aromatic heterocycles.